The van der Waals surface area contributed by atoms with Gasteiger partial charge in [-0.3, -0.25) is 4.79 Å². The summed E-state index contributed by atoms with van der Waals surface area (Å²) in [6, 6.07) is 0. The summed E-state index contributed by atoms with van der Waals surface area (Å²) in [5.74, 6) is -0.139. The minimum atomic E-state index is -0.139. The fourth-order valence-corrected chi connectivity index (χ4v) is 3.51. The number of nitrogens with one attached hydrogen (secondary N) is 1. The second-order valence-electron chi connectivity index (χ2n) is 7.79. The Bertz CT molecular complexity index is 281. The van der Waals surface area contributed by atoms with Gasteiger partial charge in [0.25, 0.3) is 0 Å². The monoisotopic (exact) mass is 369 g/mol. The van der Waals surface area contributed by atoms with Gasteiger partial charge in [0.15, 0.2) is 0 Å². The average Bonchev–Trinajstić information content (AvgIpc) is 2.64. The Morgan fingerprint density at radius 1 is 0.577 bits per heavy atom. The summed E-state index contributed by atoms with van der Waals surface area (Å²) in [6.45, 7) is 2.29. The van der Waals surface area contributed by atoms with Gasteiger partial charge in [-0.1, -0.05) is 122 Å². The summed E-state index contributed by atoms with van der Waals surface area (Å²) < 4.78 is 0. The zero-order valence-electron chi connectivity index (χ0n) is 18.0. The highest BCUT2D eigenvalue weighted by Gasteiger charge is 2.01. The van der Waals surface area contributed by atoms with Gasteiger partial charge >= 0.3 is 5.97 Å². The molecule has 0 aliphatic heterocycles. The molecular formula is C23H47NO2. The molecule has 0 bridgehead atoms. The highest BCUT2D eigenvalue weighted by atomic mass is 16.7. The van der Waals surface area contributed by atoms with Crippen molar-refractivity contribution in [1.82, 2.24) is 5.48 Å². The van der Waals surface area contributed by atoms with E-state index >= 15 is 0 Å². The van der Waals surface area contributed by atoms with Crippen LogP contribution >= 0.6 is 0 Å². The first kappa shape index (κ1) is 25.4. The molecule has 0 aliphatic carbocycles. The van der Waals surface area contributed by atoms with Gasteiger partial charge in [-0.05, 0) is 6.42 Å². The van der Waals surface area contributed by atoms with Crippen LogP contribution in [0.4, 0.5) is 0 Å². The van der Waals surface area contributed by atoms with Crippen LogP contribution in [0.1, 0.15) is 135 Å². The number of carbonyl (C=O) groups excluding carboxylic acids is 1. The van der Waals surface area contributed by atoms with Crippen LogP contribution in [-0.4, -0.2) is 13.0 Å². The fourth-order valence-electron chi connectivity index (χ4n) is 3.51. The Labute approximate surface area is 164 Å². The highest BCUT2D eigenvalue weighted by molar-refractivity contribution is 5.68. The lowest BCUT2D eigenvalue weighted by Crippen LogP contribution is -2.14. The predicted octanol–water partition coefficient (Wildman–Crippen LogP) is 7.49. The Morgan fingerprint density at radius 2 is 0.885 bits per heavy atom. The minimum Gasteiger partial charge on any atom is -0.371 e. The topological polar surface area (TPSA) is 38.3 Å². The van der Waals surface area contributed by atoms with Crippen LogP contribution in [0.5, 0.6) is 0 Å². The second-order valence-corrected chi connectivity index (χ2v) is 7.79. The first-order chi connectivity index (χ1) is 12.8. The summed E-state index contributed by atoms with van der Waals surface area (Å²) in [6.07, 6.45) is 26.6. The summed E-state index contributed by atoms with van der Waals surface area (Å²) in [5.41, 5.74) is 2.43. The average molecular weight is 370 g/mol. The summed E-state index contributed by atoms with van der Waals surface area (Å²) in [5, 5.41) is 0. The smallest absolute Gasteiger partial charge is 0.324 e. The van der Waals surface area contributed by atoms with E-state index in [4.69, 9.17) is 0 Å². The van der Waals surface area contributed by atoms with E-state index in [9.17, 15) is 4.79 Å². The first-order valence-electron chi connectivity index (χ1n) is 11.7. The molecule has 0 aliphatic rings. The van der Waals surface area contributed by atoms with Crippen LogP contribution in [-0.2, 0) is 9.63 Å². The van der Waals surface area contributed by atoms with Gasteiger partial charge in [0.05, 0.1) is 0 Å². The molecule has 0 saturated carbocycles. The van der Waals surface area contributed by atoms with Gasteiger partial charge in [-0.15, -0.1) is 0 Å². The fraction of sp³-hybridized carbons (Fsp3) is 0.957. The van der Waals surface area contributed by atoms with Crippen LogP contribution in [0.3, 0.4) is 0 Å². The molecule has 0 aromatic carbocycles. The van der Waals surface area contributed by atoms with Gasteiger partial charge in [0.1, 0.15) is 0 Å². The van der Waals surface area contributed by atoms with Gasteiger partial charge in [-0.2, -0.15) is 5.48 Å². The lowest BCUT2D eigenvalue weighted by molar-refractivity contribution is -0.150. The molecule has 0 spiro atoms. The number of hydrogen-bond acceptors (Lipinski definition) is 3. The van der Waals surface area contributed by atoms with Crippen LogP contribution < -0.4 is 5.48 Å². The van der Waals surface area contributed by atoms with Crippen molar-refractivity contribution in [3.8, 4) is 0 Å². The summed E-state index contributed by atoms with van der Waals surface area (Å²) >= 11 is 0. The Hall–Kier alpha value is -0.570. The molecule has 1 N–H and O–H groups in total. The summed E-state index contributed by atoms with van der Waals surface area (Å²) in [7, 11) is 1.62. The lowest BCUT2D eigenvalue weighted by Gasteiger charge is -2.04. The quantitative estimate of drug-likeness (QED) is 0.168. The molecule has 0 rings (SSSR count). The third-order valence-corrected chi connectivity index (χ3v) is 5.20. The van der Waals surface area contributed by atoms with Crippen molar-refractivity contribution in [2.75, 3.05) is 7.05 Å². The maximum absolute atomic E-state index is 11.1. The van der Waals surface area contributed by atoms with E-state index in [1.54, 1.807) is 7.05 Å². The number of unbranched alkanes of at least 4 members (excludes halogenated alkanes) is 18. The highest BCUT2D eigenvalue weighted by Crippen LogP contribution is 2.14. The predicted molar refractivity (Wildman–Crippen MR) is 113 cm³/mol. The zero-order chi connectivity index (χ0) is 19.1. The Kier molecular flexibility index (Phi) is 22.0. The molecule has 0 fully saturated rings. The zero-order valence-corrected chi connectivity index (χ0v) is 18.0. The van der Waals surface area contributed by atoms with E-state index in [0.717, 1.165) is 12.8 Å². The van der Waals surface area contributed by atoms with Crippen molar-refractivity contribution in [2.24, 2.45) is 0 Å². The number of hydrogen-bond donors (Lipinski definition) is 1. The van der Waals surface area contributed by atoms with E-state index in [-0.39, 0.29) is 5.97 Å². The van der Waals surface area contributed by atoms with Crippen molar-refractivity contribution in [1.29, 1.82) is 0 Å². The van der Waals surface area contributed by atoms with Crippen molar-refractivity contribution in [2.45, 2.75) is 135 Å². The van der Waals surface area contributed by atoms with Crippen molar-refractivity contribution in [3.05, 3.63) is 0 Å². The Balaban J connectivity index is 3.02. The molecule has 3 nitrogen and oxygen atoms in total. The third kappa shape index (κ3) is 21.5. The van der Waals surface area contributed by atoms with Crippen molar-refractivity contribution in [3.63, 3.8) is 0 Å². The van der Waals surface area contributed by atoms with Crippen molar-refractivity contribution < 1.29 is 9.63 Å². The normalized spacial score (nSPS) is 11.0. The van der Waals surface area contributed by atoms with E-state index < -0.39 is 0 Å². The third-order valence-electron chi connectivity index (χ3n) is 5.20. The van der Waals surface area contributed by atoms with Crippen LogP contribution in [0.25, 0.3) is 0 Å². The second kappa shape index (κ2) is 22.5. The number of rotatable bonds is 21. The minimum absolute atomic E-state index is 0.139. The molecule has 0 aromatic heterocycles. The van der Waals surface area contributed by atoms with Gasteiger partial charge in [0.2, 0.25) is 0 Å². The lowest BCUT2D eigenvalue weighted by atomic mass is 10.0. The van der Waals surface area contributed by atoms with Crippen LogP contribution in [0.2, 0.25) is 0 Å². The molecule has 26 heavy (non-hydrogen) atoms. The first-order valence-corrected chi connectivity index (χ1v) is 11.7. The Morgan fingerprint density at radius 3 is 1.19 bits per heavy atom. The van der Waals surface area contributed by atoms with E-state index in [1.165, 1.54) is 109 Å². The van der Waals surface area contributed by atoms with Gasteiger partial charge in [0, 0.05) is 13.5 Å². The SMILES string of the molecule is CCCCCCCCCCCCCCCCCCCCCC(=O)ONC. The van der Waals surface area contributed by atoms with Gasteiger partial charge < -0.3 is 4.84 Å². The van der Waals surface area contributed by atoms with Crippen LogP contribution in [0.15, 0.2) is 0 Å². The standard InChI is InChI=1S/C23H47NO2/c1-3-4-5-6-7-8-9-10-11-12-13-14-15-16-17-18-19-20-21-22-23(25)26-24-2/h24H,3-22H2,1-2H3. The van der Waals surface area contributed by atoms with Crippen LogP contribution in [0, 0.1) is 0 Å². The molecule has 0 atom stereocenters. The molecule has 3 heteroatoms. The van der Waals surface area contributed by atoms with E-state index in [0.29, 0.717) is 6.42 Å². The maximum Gasteiger partial charge on any atom is 0.324 e. The number of hydroxylamine groups is 1. The van der Waals surface area contributed by atoms with E-state index in [2.05, 4.69) is 17.2 Å². The molecule has 0 radical (unpaired) electrons. The van der Waals surface area contributed by atoms with Gasteiger partial charge in [-0.25, -0.2) is 0 Å². The maximum atomic E-state index is 11.1. The molecule has 0 saturated heterocycles. The molecule has 0 unspecified atom stereocenters. The molecule has 156 valence electrons. The molecule has 0 heterocycles. The molecule has 0 aromatic rings. The molecular weight excluding hydrogens is 322 g/mol. The molecule has 0 amide bonds. The summed E-state index contributed by atoms with van der Waals surface area (Å²) in [4.78, 5) is 15.8. The number of carbonyl (C=O) groups is 1. The largest absolute Gasteiger partial charge is 0.371 e. The van der Waals surface area contributed by atoms with Crippen molar-refractivity contribution >= 4 is 5.97 Å². The van der Waals surface area contributed by atoms with E-state index in [1.807, 2.05) is 0 Å².